The number of halogens is 1. The molecular weight excluding hydrogens is 267 g/mol. The minimum absolute atomic E-state index is 0.263. The van der Waals surface area contributed by atoms with Crippen molar-refractivity contribution in [2.75, 3.05) is 7.11 Å². The number of hydrogen-bond acceptors (Lipinski definition) is 2. The van der Waals surface area contributed by atoms with Gasteiger partial charge in [0.05, 0.1) is 12.7 Å². The average molecular weight is 292 g/mol. The number of hydrogen-bond donors (Lipinski definition) is 1. The SMILES string of the molecule is COc1ccc(CC2(O)CCC3(CCCC3)CC2)cc1F. The predicted molar refractivity (Wildman–Crippen MR) is 81.0 cm³/mol. The first-order valence-electron chi connectivity index (χ1n) is 8.09. The molecule has 0 saturated heterocycles. The van der Waals surface area contributed by atoms with Gasteiger partial charge in [0.15, 0.2) is 11.6 Å². The normalized spacial score (nSPS) is 23.4. The highest BCUT2D eigenvalue weighted by Gasteiger charge is 2.42. The van der Waals surface area contributed by atoms with Crippen LogP contribution < -0.4 is 4.74 Å². The van der Waals surface area contributed by atoms with E-state index in [1.54, 1.807) is 6.07 Å². The maximum Gasteiger partial charge on any atom is 0.165 e. The number of methoxy groups -OCH3 is 1. The van der Waals surface area contributed by atoms with Crippen molar-refractivity contribution in [2.45, 2.75) is 63.4 Å². The van der Waals surface area contributed by atoms with Crippen LogP contribution in [0.3, 0.4) is 0 Å². The van der Waals surface area contributed by atoms with Crippen LogP contribution in [0.25, 0.3) is 0 Å². The lowest BCUT2D eigenvalue weighted by molar-refractivity contribution is -0.0322. The molecule has 3 rings (SSSR count). The topological polar surface area (TPSA) is 29.5 Å². The molecular formula is C18H25FO2. The van der Waals surface area contributed by atoms with Crippen LogP contribution in [-0.4, -0.2) is 17.8 Å². The van der Waals surface area contributed by atoms with E-state index in [1.165, 1.54) is 38.9 Å². The van der Waals surface area contributed by atoms with E-state index in [-0.39, 0.29) is 11.6 Å². The standard InChI is InChI=1S/C18H25FO2/c1-21-16-5-4-14(12-15(16)19)13-18(20)10-8-17(9-11-18)6-2-3-7-17/h4-5,12,20H,2-3,6-11,13H2,1H3. The predicted octanol–water partition coefficient (Wildman–Crippen LogP) is 4.24. The molecule has 2 aliphatic carbocycles. The largest absolute Gasteiger partial charge is 0.494 e. The van der Waals surface area contributed by atoms with E-state index in [2.05, 4.69) is 0 Å². The zero-order valence-electron chi connectivity index (χ0n) is 12.8. The van der Waals surface area contributed by atoms with Gasteiger partial charge in [-0.15, -0.1) is 0 Å². The molecule has 3 heteroatoms. The van der Waals surface area contributed by atoms with Crippen LogP contribution in [0.4, 0.5) is 4.39 Å². The molecule has 1 aromatic rings. The lowest BCUT2D eigenvalue weighted by atomic mass is 9.66. The smallest absolute Gasteiger partial charge is 0.165 e. The van der Waals surface area contributed by atoms with Crippen molar-refractivity contribution in [1.82, 2.24) is 0 Å². The molecule has 1 spiro atoms. The van der Waals surface area contributed by atoms with Gasteiger partial charge in [-0.25, -0.2) is 4.39 Å². The van der Waals surface area contributed by atoms with Gasteiger partial charge in [0, 0.05) is 6.42 Å². The minimum atomic E-state index is -0.658. The Hall–Kier alpha value is -1.09. The second-order valence-corrected chi connectivity index (χ2v) is 7.08. The molecule has 0 atom stereocenters. The van der Waals surface area contributed by atoms with Crippen LogP contribution in [0.5, 0.6) is 5.75 Å². The van der Waals surface area contributed by atoms with Gasteiger partial charge in [-0.2, -0.15) is 0 Å². The quantitative estimate of drug-likeness (QED) is 0.903. The molecule has 116 valence electrons. The monoisotopic (exact) mass is 292 g/mol. The zero-order chi connectivity index (χ0) is 14.9. The van der Waals surface area contributed by atoms with Gasteiger partial charge in [0.2, 0.25) is 0 Å². The van der Waals surface area contributed by atoms with Gasteiger partial charge in [0.25, 0.3) is 0 Å². The van der Waals surface area contributed by atoms with Crippen LogP contribution >= 0.6 is 0 Å². The third-order valence-electron chi connectivity index (χ3n) is 5.65. The van der Waals surface area contributed by atoms with Crippen molar-refractivity contribution in [3.05, 3.63) is 29.6 Å². The molecule has 0 aliphatic heterocycles. The summed E-state index contributed by atoms with van der Waals surface area (Å²) in [5.74, 6) is -0.0824. The lowest BCUT2D eigenvalue weighted by Gasteiger charge is -2.42. The van der Waals surface area contributed by atoms with E-state index in [9.17, 15) is 9.50 Å². The molecule has 0 radical (unpaired) electrons. The fourth-order valence-corrected chi connectivity index (χ4v) is 4.25. The summed E-state index contributed by atoms with van der Waals surface area (Å²) in [5.41, 5.74) is 0.713. The zero-order valence-corrected chi connectivity index (χ0v) is 12.8. The second kappa shape index (κ2) is 5.60. The van der Waals surface area contributed by atoms with Gasteiger partial charge < -0.3 is 9.84 Å². The van der Waals surface area contributed by atoms with Gasteiger partial charge in [-0.1, -0.05) is 18.9 Å². The molecule has 2 fully saturated rings. The summed E-state index contributed by atoms with van der Waals surface area (Å²) in [6, 6.07) is 5.01. The molecule has 0 aromatic heterocycles. The van der Waals surface area contributed by atoms with Crippen LogP contribution in [0, 0.1) is 11.2 Å². The Morgan fingerprint density at radius 3 is 2.33 bits per heavy atom. The van der Waals surface area contributed by atoms with Crippen LogP contribution in [0.1, 0.15) is 56.9 Å². The van der Waals surface area contributed by atoms with Crippen LogP contribution in [0.2, 0.25) is 0 Å². The van der Waals surface area contributed by atoms with Crippen molar-refractivity contribution in [1.29, 1.82) is 0 Å². The van der Waals surface area contributed by atoms with Gasteiger partial charge in [-0.05, 0) is 61.6 Å². The second-order valence-electron chi connectivity index (χ2n) is 7.08. The molecule has 1 aromatic carbocycles. The highest BCUT2D eigenvalue weighted by Crippen LogP contribution is 2.51. The molecule has 0 amide bonds. The fraction of sp³-hybridized carbons (Fsp3) is 0.667. The summed E-state index contributed by atoms with van der Waals surface area (Å²) in [6.45, 7) is 0. The Bertz CT molecular complexity index is 496. The van der Waals surface area contributed by atoms with Crippen molar-refractivity contribution in [3.8, 4) is 5.75 Å². The summed E-state index contributed by atoms with van der Waals surface area (Å²) in [5, 5.41) is 10.8. The number of rotatable bonds is 3. The number of benzene rings is 1. The Kier molecular flexibility index (Phi) is 3.96. The van der Waals surface area contributed by atoms with E-state index in [1.807, 2.05) is 6.07 Å². The molecule has 21 heavy (non-hydrogen) atoms. The Morgan fingerprint density at radius 2 is 1.76 bits per heavy atom. The molecule has 2 aliphatic rings. The van der Waals surface area contributed by atoms with Crippen molar-refractivity contribution >= 4 is 0 Å². The maximum atomic E-state index is 13.8. The van der Waals surface area contributed by atoms with E-state index >= 15 is 0 Å². The molecule has 2 saturated carbocycles. The van der Waals surface area contributed by atoms with E-state index in [0.29, 0.717) is 11.8 Å². The number of ether oxygens (including phenoxy) is 1. The molecule has 0 heterocycles. The van der Waals surface area contributed by atoms with E-state index < -0.39 is 5.60 Å². The summed E-state index contributed by atoms with van der Waals surface area (Å²) < 4.78 is 18.7. The van der Waals surface area contributed by atoms with Crippen LogP contribution in [0.15, 0.2) is 18.2 Å². The first kappa shape index (κ1) is 14.8. The fourth-order valence-electron chi connectivity index (χ4n) is 4.25. The Balaban J connectivity index is 1.66. The highest BCUT2D eigenvalue weighted by atomic mass is 19.1. The molecule has 2 nitrogen and oxygen atoms in total. The summed E-state index contributed by atoms with van der Waals surface area (Å²) in [4.78, 5) is 0. The Morgan fingerprint density at radius 1 is 1.10 bits per heavy atom. The van der Waals surface area contributed by atoms with Crippen molar-refractivity contribution in [2.24, 2.45) is 5.41 Å². The summed E-state index contributed by atoms with van der Waals surface area (Å²) in [6.07, 6.45) is 9.86. The minimum Gasteiger partial charge on any atom is -0.494 e. The maximum absolute atomic E-state index is 13.8. The van der Waals surface area contributed by atoms with E-state index in [4.69, 9.17) is 4.74 Å². The first-order chi connectivity index (χ1) is 10.0. The first-order valence-corrected chi connectivity index (χ1v) is 8.09. The van der Waals surface area contributed by atoms with Crippen molar-refractivity contribution in [3.63, 3.8) is 0 Å². The highest BCUT2D eigenvalue weighted by molar-refractivity contribution is 5.30. The van der Waals surface area contributed by atoms with Crippen molar-refractivity contribution < 1.29 is 14.2 Å². The summed E-state index contributed by atoms with van der Waals surface area (Å²) >= 11 is 0. The molecule has 0 unspecified atom stereocenters. The lowest BCUT2D eigenvalue weighted by Crippen LogP contribution is -2.39. The molecule has 1 N–H and O–H groups in total. The van der Waals surface area contributed by atoms with Gasteiger partial charge >= 0.3 is 0 Å². The average Bonchev–Trinajstić information content (AvgIpc) is 2.92. The molecule has 0 bridgehead atoms. The third-order valence-corrected chi connectivity index (χ3v) is 5.65. The van der Waals surface area contributed by atoms with Gasteiger partial charge in [0.1, 0.15) is 0 Å². The summed E-state index contributed by atoms with van der Waals surface area (Å²) in [7, 11) is 1.47. The van der Waals surface area contributed by atoms with E-state index in [0.717, 1.165) is 31.2 Å². The third kappa shape index (κ3) is 3.08. The Labute approximate surface area is 126 Å². The number of aliphatic hydroxyl groups is 1. The van der Waals surface area contributed by atoms with Gasteiger partial charge in [-0.3, -0.25) is 0 Å². The van der Waals surface area contributed by atoms with Crippen LogP contribution in [-0.2, 0) is 6.42 Å².